The van der Waals surface area contributed by atoms with Gasteiger partial charge in [0.1, 0.15) is 5.75 Å². The van der Waals surface area contributed by atoms with Crippen molar-refractivity contribution in [3.63, 3.8) is 0 Å². The Kier molecular flexibility index (Phi) is 6.75. The van der Waals surface area contributed by atoms with Gasteiger partial charge in [-0.05, 0) is 42.3 Å². The van der Waals surface area contributed by atoms with E-state index in [-0.39, 0.29) is 18.2 Å². The topological polar surface area (TPSA) is 46.4 Å². The van der Waals surface area contributed by atoms with E-state index >= 15 is 0 Å². The SMILES string of the molecule is CNC[C@H](O)[C@@H](c1ccc(OC(F)(F)F)cc1)n1ccc2ccccc21.Cl. The summed E-state index contributed by atoms with van der Waals surface area (Å²) in [4.78, 5) is 0. The van der Waals surface area contributed by atoms with Crippen LogP contribution in [0.2, 0.25) is 0 Å². The van der Waals surface area contributed by atoms with E-state index in [0.717, 1.165) is 10.9 Å². The number of aliphatic hydroxyl groups is 1. The molecule has 0 bridgehead atoms. The van der Waals surface area contributed by atoms with Crippen LogP contribution in [0.5, 0.6) is 5.75 Å². The number of benzene rings is 2. The molecule has 3 rings (SSSR count). The highest BCUT2D eigenvalue weighted by Gasteiger charge is 2.31. The van der Waals surface area contributed by atoms with Crippen LogP contribution in [0.25, 0.3) is 10.9 Å². The number of likely N-dealkylation sites (N-methyl/N-ethyl adjacent to an activating group) is 1. The Morgan fingerprint density at radius 1 is 1.07 bits per heavy atom. The number of nitrogens with one attached hydrogen (secondary N) is 1. The lowest BCUT2D eigenvalue weighted by molar-refractivity contribution is -0.274. The van der Waals surface area contributed by atoms with Crippen LogP contribution in [0, 0.1) is 0 Å². The van der Waals surface area contributed by atoms with E-state index < -0.39 is 18.5 Å². The molecular weight excluding hydrogens is 381 g/mol. The molecule has 3 aromatic rings. The number of nitrogens with zero attached hydrogens (tertiary/aromatic N) is 1. The first kappa shape index (κ1) is 21.1. The Hall–Kier alpha value is -2.22. The van der Waals surface area contributed by atoms with E-state index in [0.29, 0.717) is 12.1 Å². The molecule has 0 fully saturated rings. The summed E-state index contributed by atoms with van der Waals surface area (Å²) >= 11 is 0. The van der Waals surface area contributed by atoms with Crippen molar-refractivity contribution in [3.8, 4) is 5.75 Å². The van der Waals surface area contributed by atoms with Crippen molar-refractivity contribution in [1.29, 1.82) is 0 Å². The van der Waals surface area contributed by atoms with E-state index in [1.165, 1.54) is 12.1 Å². The molecule has 0 aliphatic rings. The first-order chi connectivity index (χ1) is 12.4. The minimum atomic E-state index is -4.73. The molecule has 2 aromatic carbocycles. The van der Waals surface area contributed by atoms with Gasteiger partial charge in [0.05, 0.1) is 12.1 Å². The number of alkyl halides is 3. The third-order valence-electron chi connectivity index (χ3n) is 4.16. The highest BCUT2D eigenvalue weighted by molar-refractivity contribution is 5.85. The molecule has 146 valence electrons. The zero-order valence-corrected chi connectivity index (χ0v) is 15.3. The Labute approximate surface area is 161 Å². The van der Waals surface area contributed by atoms with Crippen LogP contribution in [0.4, 0.5) is 13.2 Å². The molecule has 0 amide bonds. The summed E-state index contributed by atoms with van der Waals surface area (Å²) in [7, 11) is 1.73. The highest BCUT2D eigenvalue weighted by Crippen LogP contribution is 2.30. The molecule has 27 heavy (non-hydrogen) atoms. The first-order valence-corrected chi connectivity index (χ1v) is 8.13. The van der Waals surface area contributed by atoms with Crippen LogP contribution >= 0.6 is 12.4 Å². The van der Waals surface area contributed by atoms with Crippen molar-refractivity contribution in [2.45, 2.75) is 18.5 Å². The number of fused-ring (bicyclic) bond motifs is 1. The van der Waals surface area contributed by atoms with Crippen LogP contribution < -0.4 is 10.1 Å². The minimum absolute atomic E-state index is 0. The maximum Gasteiger partial charge on any atom is 0.573 e. The summed E-state index contributed by atoms with van der Waals surface area (Å²) < 4.78 is 42.9. The molecule has 0 aliphatic heterocycles. The van der Waals surface area contributed by atoms with Crippen molar-refractivity contribution in [1.82, 2.24) is 9.88 Å². The van der Waals surface area contributed by atoms with Gasteiger partial charge in [-0.25, -0.2) is 0 Å². The van der Waals surface area contributed by atoms with E-state index in [1.807, 2.05) is 41.1 Å². The van der Waals surface area contributed by atoms with Crippen LogP contribution in [-0.4, -0.2) is 35.7 Å². The molecule has 0 radical (unpaired) electrons. The number of hydrogen-bond donors (Lipinski definition) is 2. The van der Waals surface area contributed by atoms with Crippen molar-refractivity contribution in [3.05, 3.63) is 66.4 Å². The van der Waals surface area contributed by atoms with Gasteiger partial charge < -0.3 is 19.7 Å². The van der Waals surface area contributed by atoms with Gasteiger partial charge in [0.2, 0.25) is 0 Å². The Bertz CT molecular complexity index is 865. The second kappa shape index (κ2) is 8.65. The first-order valence-electron chi connectivity index (χ1n) is 8.13. The quantitative estimate of drug-likeness (QED) is 0.654. The van der Waals surface area contributed by atoms with Gasteiger partial charge in [-0.15, -0.1) is 25.6 Å². The zero-order valence-electron chi connectivity index (χ0n) is 14.5. The van der Waals surface area contributed by atoms with Crippen molar-refractivity contribution < 1.29 is 23.0 Å². The second-order valence-electron chi connectivity index (χ2n) is 5.97. The van der Waals surface area contributed by atoms with E-state index in [4.69, 9.17) is 0 Å². The van der Waals surface area contributed by atoms with Gasteiger partial charge in [-0.1, -0.05) is 30.3 Å². The predicted molar refractivity (Wildman–Crippen MR) is 100 cm³/mol. The lowest BCUT2D eigenvalue weighted by Gasteiger charge is -2.26. The maximum absolute atomic E-state index is 12.4. The zero-order chi connectivity index (χ0) is 18.7. The van der Waals surface area contributed by atoms with Gasteiger partial charge in [0.15, 0.2) is 0 Å². The number of aromatic nitrogens is 1. The molecule has 4 nitrogen and oxygen atoms in total. The molecule has 0 aliphatic carbocycles. The number of ether oxygens (including phenoxy) is 1. The smallest absolute Gasteiger partial charge is 0.406 e. The van der Waals surface area contributed by atoms with Crippen molar-refractivity contribution in [2.24, 2.45) is 0 Å². The number of para-hydroxylation sites is 1. The standard InChI is InChI=1S/C19H19F3N2O2.ClH/c1-23-12-17(25)18(24-11-10-13-4-2-3-5-16(13)24)14-6-8-15(9-7-14)26-19(20,21)22;/h2-11,17-18,23,25H,12H2,1H3;1H/t17-,18+;/m0./s1. The van der Waals surface area contributed by atoms with E-state index in [2.05, 4.69) is 10.1 Å². The van der Waals surface area contributed by atoms with Crippen LogP contribution in [0.1, 0.15) is 11.6 Å². The fraction of sp³-hybridized carbons (Fsp3) is 0.263. The van der Waals surface area contributed by atoms with Gasteiger partial charge in [-0.3, -0.25) is 0 Å². The average molecular weight is 401 g/mol. The number of hydrogen-bond acceptors (Lipinski definition) is 3. The minimum Gasteiger partial charge on any atom is -0.406 e. The molecule has 0 unspecified atom stereocenters. The number of halogens is 4. The largest absolute Gasteiger partial charge is 0.573 e. The number of aliphatic hydroxyl groups excluding tert-OH is 1. The van der Waals surface area contributed by atoms with Gasteiger partial charge >= 0.3 is 6.36 Å². The maximum atomic E-state index is 12.4. The van der Waals surface area contributed by atoms with Crippen LogP contribution in [-0.2, 0) is 0 Å². The van der Waals surface area contributed by atoms with Crippen molar-refractivity contribution in [2.75, 3.05) is 13.6 Å². The third kappa shape index (κ3) is 4.94. The molecule has 0 spiro atoms. The fourth-order valence-corrected chi connectivity index (χ4v) is 3.10. The summed E-state index contributed by atoms with van der Waals surface area (Å²) in [5.41, 5.74) is 1.62. The van der Waals surface area contributed by atoms with Crippen molar-refractivity contribution >= 4 is 23.3 Å². The predicted octanol–water partition coefficient (Wildman–Crippen LogP) is 4.13. The Morgan fingerprint density at radius 3 is 2.37 bits per heavy atom. The Morgan fingerprint density at radius 2 is 1.74 bits per heavy atom. The molecule has 0 saturated heterocycles. The van der Waals surface area contributed by atoms with Gasteiger partial charge in [-0.2, -0.15) is 0 Å². The molecule has 1 aromatic heterocycles. The molecule has 0 saturated carbocycles. The normalized spacial score (nSPS) is 13.8. The van der Waals surface area contributed by atoms with Crippen LogP contribution in [0.15, 0.2) is 60.8 Å². The summed E-state index contributed by atoms with van der Waals surface area (Å²) in [6, 6.07) is 14.8. The van der Waals surface area contributed by atoms with Gasteiger partial charge in [0.25, 0.3) is 0 Å². The molecule has 8 heteroatoms. The fourth-order valence-electron chi connectivity index (χ4n) is 3.10. The lowest BCUT2D eigenvalue weighted by atomic mass is 10.0. The summed E-state index contributed by atoms with van der Waals surface area (Å²) in [6.45, 7) is 0.331. The molecule has 1 heterocycles. The average Bonchev–Trinajstić information content (AvgIpc) is 3.00. The summed E-state index contributed by atoms with van der Waals surface area (Å²) in [5.74, 6) is -0.291. The molecular formula is C19H20ClF3N2O2. The Balaban J connectivity index is 0.00000261. The monoisotopic (exact) mass is 400 g/mol. The molecule has 2 atom stereocenters. The lowest BCUT2D eigenvalue weighted by Crippen LogP contribution is -2.33. The third-order valence-corrected chi connectivity index (χ3v) is 4.16. The van der Waals surface area contributed by atoms with E-state index in [1.54, 1.807) is 19.2 Å². The summed E-state index contributed by atoms with van der Waals surface area (Å²) in [5, 5.41) is 14.6. The van der Waals surface area contributed by atoms with E-state index in [9.17, 15) is 18.3 Å². The second-order valence-corrected chi connectivity index (χ2v) is 5.97. The number of rotatable bonds is 6. The summed E-state index contributed by atoms with van der Waals surface area (Å²) in [6.07, 6.45) is -3.64. The molecule has 2 N–H and O–H groups in total. The van der Waals surface area contributed by atoms with Gasteiger partial charge in [0, 0.05) is 18.3 Å². The highest BCUT2D eigenvalue weighted by atomic mass is 35.5. The van der Waals surface area contributed by atoms with Crippen LogP contribution in [0.3, 0.4) is 0 Å².